The maximum Gasteiger partial charge on any atom is 0.0992 e. The Hall–Kier alpha value is -0.850. The van der Waals surface area contributed by atoms with E-state index >= 15 is 0 Å². The molecule has 1 atom stereocenters. The summed E-state index contributed by atoms with van der Waals surface area (Å²) in [5.41, 5.74) is 1.94. The Kier molecular flexibility index (Phi) is 2.85. The van der Waals surface area contributed by atoms with Gasteiger partial charge in [0.1, 0.15) is 0 Å². The SMILES string of the molecule is N#Cc1cc(Br)cc(C2CCCN2)c1. The smallest absolute Gasteiger partial charge is 0.0992 e. The number of nitrogens with one attached hydrogen (secondary N) is 1. The quantitative estimate of drug-likeness (QED) is 0.832. The minimum atomic E-state index is 0.430. The summed E-state index contributed by atoms with van der Waals surface area (Å²) in [4.78, 5) is 0. The lowest BCUT2D eigenvalue weighted by atomic mass is 10.0. The van der Waals surface area contributed by atoms with Gasteiger partial charge in [0.25, 0.3) is 0 Å². The second-order valence-corrected chi connectivity index (χ2v) is 4.45. The van der Waals surface area contributed by atoms with Crippen LogP contribution in [-0.4, -0.2) is 6.54 Å². The topological polar surface area (TPSA) is 35.8 Å². The van der Waals surface area contributed by atoms with E-state index in [0.717, 1.165) is 16.6 Å². The van der Waals surface area contributed by atoms with Crippen LogP contribution in [0.1, 0.15) is 30.0 Å². The molecule has 1 aliphatic rings. The van der Waals surface area contributed by atoms with Gasteiger partial charge in [0, 0.05) is 10.5 Å². The van der Waals surface area contributed by atoms with E-state index in [1.807, 2.05) is 12.1 Å². The van der Waals surface area contributed by atoms with Crippen LogP contribution in [0.3, 0.4) is 0 Å². The lowest BCUT2D eigenvalue weighted by molar-refractivity contribution is 0.647. The van der Waals surface area contributed by atoms with Gasteiger partial charge in [-0.3, -0.25) is 0 Å². The van der Waals surface area contributed by atoms with Gasteiger partial charge in [0.2, 0.25) is 0 Å². The summed E-state index contributed by atoms with van der Waals surface area (Å²) in [6.45, 7) is 1.08. The van der Waals surface area contributed by atoms with Crippen LogP contribution in [0.4, 0.5) is 0 Å². The van der Waals surface area contributed by atoms with E-state index in [1.54, 1.807) is 0 Å². The summed E-state index contributed by atoms with van der Waals surface area (Å²) in [6.07, 6.45) is 2.39. The van der Waals surface area contributed by atoms with Gasteiger partial charge in [-0.1, -0.05) is 15.9 Å². The number of hydrogen-bond acceptors (Lipinski definition) is 2. The molecule has 0 amide bonds. The molecule has 1 fully saturated rings. The fraction of sp³-hybridized carbons (Fsp3) is 0.364. The number of hydrogen-bond donors (Lipinski definition) is 1. The van der Waals surface area contributed by atoms with Crippen LogP contribution in [0.5, 0.6) is 0 Å². The first-order valence-electron chi connectivity index (χ1n) is 4.73. The summed E-state index contributed by atoms with van der Waals surface area (Å²) >= 11 is 3.42. The van der Waals surface area contributed by atoms with Crippen molar-refractivity contribution in [2.45, 2.75) is 18.9 Å². The summed E-state index contributed by atoms with van der Waals surface area (Å²) in [7, 11) is 0. The Labute approximate surface area is 92.1 Å². The first-order valence-corrected chi connectivity index (χ1v) is 5.53. The zero-order valence-electron chi connectivity index (χ0n) is 7.76. The van der Waals surface area contributed by atoms with Gasteiger partial charge in [-0.25, -0.2) is 0 Å². The summed E-state index contributed by atoms with van der Waals surface area (Å²) in [6, 6.07) is 8.50. The largest absolute Gasteiger partial charge is 0.310 e. The molecule has 0 aromatic heterocycles. The number of nitriles is 1. The van der Waals surface area contributed by atoms with Crippen molar-refractivity contribution < 1.29 is 0 Å². The van der Waals surface area contributed by atoms with Crippen molar-refractivity contribution in [3.63, 3.8) is 0 Å². The van der Waals surface area contributed by atoms with Crippen LogP contribution >= 0.6 is 15.9 Å². The van der Waals surface area contributed by atoms with E-state index in [9.17, 15) is 0 Å². The number of halogens is 1. The highest BCUT2D eigenvalue weighted by atomic mass is 79.9. The maximum atomic E-state index is 8.84. The Morgan fingerprint density at radius 3 is 2.93 bits per heavy atom. The molecule has 1 aromatic rings. The lowest BCUT2D eigenvalue weighted by Gasteiger charge is -2.11. The predicted octanol–water partition coefficient (Wildman–Crippen LogP) is 2.75. The molecule has 1 saturated heterocycles. The molecular weight excluding hydrogens is 240 g/mol. The highest BCUT2D eigenvalue weighted by Gasteiger charge is 2.16. The molecule has 0 bridgehead atoms. The molecule has 72 valence electrons. The van der Waals surface area contributed by atoms with Gasteiger partial charge in [-0.15, -0.1) is 0 Å². The average molecular weight is 251 g/mol. The van der Waals surface area contributed by atoms with E-state index in [0.29, 0.717) is 6.04 Å². The van der Waals surface area contributed by atoms with Gasteiger partial charge in [-0.05, 0) is 43.1 Å². The molecule has 1 heterocycles. The van der Waals surface area contributed by atoms with Crippen molar-refractivity contribution in [3.8, 4) is 6.07 Å². The normalized spacial score (nSPS) is 20.7. The van der Waals surface area contributed by atoms with E-state index in [1.165, 1.54) is 18.4 Å². The van der Waals surface area contributed by atoms with Crippen molar-refractivity contribution in [2.24, 2.45) is 0 Å². The summed E-state index contributed by atoms with van der Waals surface area (Å²) < 4.78 is 0.986. The Morgan fingerprint density at radius 2 is 2.29 bits per heavy atom. The van der Waals surface area contributed by atoms with Gasteiger partial charge in [-0.2, -0.15) is 5.26 Å². The molecule has 0 aliphatic carbocycles. The van der Waals surface area contributed by atoms with Crippen LogP contribution in [-0.2, 0) is 0 Å². The van der Waals surface area contributed by atoms with Crippen LogP contribution in [0.2, 0.25) is 0 Å². The minimum Gasteiger partial charge on any atom is -0.310 e. The molecule has 0 saturated carbocycles. The van der Waals surface area contributed by atoms with E-state index in [-0.39, 0.29) is 0 Å². The Balaban J connectivity index is 2.33. The molecule has 1 N–H and O–H groups in total. The Bertz CT molecular complexity index is 375. The lowest BCUT2D eigenvalue weighted by Crippen LogP contribution is -2.12. The molecule has 0 spiro atoms. The van der Waals surface area contributed by atoms with Crippen LogP contribution in [0.25, 0.3) is 0 Å². The fourth-order valence-electron chi connectivity index (χ4n) is 1.85. The standard InChI is InChI=1S/C11H11BrN2/c12-10-5-8(7-13)4-9(6-10)11-2-1-3-14-11/h4-6,11,14H,1-3H2. The summed E-state index contributed by atoms with van der Waals surface area (Å²) in [5.74, 6) is 0. The van der Waals surface area contributed by atoms with Crippen LogP contribution < -0.4 is 5.32 Å². The van der Waals surface area contributed by atoms with Gasteiger partial charge in [0.15, 0.2) is 0 Å². The minimum absolute atomic E-state index is 0.430. The van der Waals surface area contributed by atoms with Crippen molar-refractivity contribution >= 4 is 15.9 Å². The predicted molar refractivity (Wildman–Crippen MR) is 58.8 cm³/mol. The molecule has 2 rings (SSSR count). The van der Waals surface area contributed by atoms with Crippen molar-refractivity contribution in [1.29, 1.82) is 5.26 Å². The van der Waals surface area contributed by atoms with Gasteiger partial charge in [0.05, 0.1) is 11.6 Å². The van der Waals surface area contributed by atoms with Crippen molar-refractivity contribution in [1.82, 2.24) is 5.32 Å². The third-order valence-corrected chi connectivity index (χ3v) is 2.97. The highest BCUT2D eigenvalue weighted by molar-refractivity contribution is 9.10. The molecule has 3 heteroatoms. The molecule has 0 radical (unpaired) electrons. The Morgan fingerprint density at radius 1 is 1.43 bits per heavy atom. The molecule has 1 unspecified atom stereocenters. The fourth-order valence-corrected chi connectivity index (χ4v) is 2.36. The third kappa shape index (κ3) is 1.97. The first-order chi connectivity index (χ1) is 6.79. The third-order valence-electron chi connectivity index (χ3n) is 2.51. The van der Waals surface area contributed by atoms with Gasteiger partial charge < -0.3 is 5.32 Å². The van der Waals surface area contributed by atoms with Crippen LogP contribution in [0, 0.1) is 11.3 Å². The second kappa shape index (κ2) is 4.12. The molecule has 1 aliphatic heterocycles. The molecule has 14 heavy (non-hydrogen) atoms. The van der Waals surface area contributed by atoms with E-state index in [2.05, 4.69) is 33.4 Å². The maximum absolute atomic E-state index is 8.84. The number of rotatable bonds is 1. The molecule has 2 nitrogen and oxygen atoms in total. The van der Waals surface area contributed by atoms with Gasteiger partial charge >= 0.3 is 0 Å². The van der Waals surface area contributed by atoms with Crippen molar-refractivity contribution in [2.75, 3.05) is 6.54 Å². The van der Waals surface area contributed by atoms with E-state index < -0.39 is 0 Å². The highest BCUT2D eigenvalue weighted by Crippen LogP contribution is 2.26. The zero-order valence-corrected chi connectivity index (χ0v) is 9.34. The molecule has 1 aromatic carbocycles. The number of nitrogens with zero attached hydrogens (tertiary/aromatic N) is 1. The summed E-state index contributed by atoms with van der Waals surface area (Å²) in [5, 5.41) is 12.3. The second-order valence-electron chi connectivity index (χ2n) is 3.53. The van der Waals surface area contributed by atoms with E-state index in [4.69, 9.17) is 5.26 Å². The molecular formula is C11H11BrN2. The monoisotopic (exact) mass is 250 g/mol. The zero-order chi connectivity index (χ0) is 9.97. The van der Waals surface area contributed by atoms with Crippen LogP contribution in [0.15, 0.2) is 22.7 Å². The number of benzene rings is 1. The average Bonchev–Trinajstić information content (AvgIpc) is 2.69. The first kappa shape index (κ1) is 9.70. The van der Waals surface area contributed by atoms with Crippen molar-refractivity contribution in [3.05, 3.63) is 33.8 Å².